The van der Waals surface area contributed by atoms with Gasteiger partial charge in [0.2, 0.25) is 0 Å². The van der Waals surface area contributed by atoms with E-state index in [-0.39, 0.29) is 12.6 Å². The molecule has 0 radical (unpaired) electrons. The summed E-state index contributed by atoms with van der Waals surface area (Å²) in [6.45, 7) is 1.86. The Bertz CT molecular complexity index is 477. The predicted molar refractivity (Wildman–Crippen MR) is 55.7 cm³/mol. The maximum Gasteiger partial charge on any atom is 0.192 e. The third-order valence-electron chi connectivity index (χ3n) is 2.39. The van der Waals surface area contributed by atoms with Gasteiger partial charge < -0.3 is 9.47 Å². The van der Waals surface area contributed by atoms with Crippen molar-refractivity contribution in [2.45, 2.75) is 19.5 Å². The van der Waals surface area contributed by atoms with Gasteiger partial charge in [0.25, 0.3) is 0 Å². The number of pyridine rings is 1. The monoisotopic (exact) mass is 217 g/mol. The van der Waals surface area contributed by atoms with Gasteiger partial charge in [0.05, 0.1) is 6.20 Å². The van der Waals surface area contributed by atoms with Crippen molar-refractivity contribution in [1.29, 1.82) is 0 Å². The Morgan fingerprint density at radius 1 is 1.31 bits per heavy atom. The van der Waals surface area contributed by atoms with Crippen molar-refractivity contribution < 1.29 is 9.47 Å². The zero-order chi connectivity index (χ0) is 11.0. The van der Waals surface area contributed by atoms with E-state index < -0.39 is 0 Å². The average molecular weight is 217 g/mol. The summed E-state index contributed by atoms with van der Waals surface area (Å²) in [4.78, 5) is 4.20. The highest BCUT2D eigenvalue weighted by atomic mass is 16.9. The quantitative estimate of drug-likeness (QED) is 0.767. The van der Waals surface area contributed by atoms with Gasteiger partial charge in [-0.25, -0.2) is 9.67 Å². The molecule has 0 saturated carbocycles. The van der Waals surface area contributed by atoms with Crippen molar-refractivity contribution in [1.82, 2.24) is 14.8 Å². The summed E-state index contributed by atoms with van der Waals surface area (Å²) < 4.78 is 12.5. The second kappa shape index (κ2) is 3.70. The van der Waals surface area contributed by atoms with Crippen LogP contribution in [0.5, 0.6) is 0 Å². The average Bonchev–Trinajstić information content (AvgIpc) is 2.75. The number of hydrogen-bond acceptors (Lipinski definition) is 4. The number of rotatable bonds is 2. The lowest BCUT2D eigenvalue weighted by atomic mass is 10.3. The molecular formula is C11H11N3O2. The molecule has 0 aromatic carbocycles. The van der Waals surface area contributed by atoms with Crippen molar-refractivity contribution in [3.05, 3.63) is 42.4 Å². The van der Waals surface area contributed by atoms with E-state index in [0.29, 0.717) is 0 Å². The smallest absolute Gasteiger partial charge is 0.192 e. The van der Waals surface area contributed by atoms with E-state index in [1.807, 2.05) is 31.3 Å². The van der Waals surface area contributed by atoms with Gasteiger partial charge in [-0.05, 0) is 19.1 Å². The summed E-state index contributed by atoms with van der Waals surface area (Å²) in [6, 6.07) is 5.68. The molecule has 1 saturated heterocycles. The first-order valence-corrected chi connectivity index (χ1v) is 5.10. The molecule has 0 aliphatic carbocycles. The van der Waals surface area contributed by atoms with Crippen LogP contribution in [-0.4, -0.2) is 21.1 Å². The molecule has 0 N–H and O–H groups in total. The summed E-state index contributed by atoms with van der Waals surface area (Å²) in [7, 11) is 0. The van der Waals surface area contributed by atoms with Crippen molar-refractivity contribution in [2.24, 2.45) is 0 Å². The molecule has 0 unspecified atom stereocenters. The fraction of sp³-hybridized carbons (Fsp3) is 0.273. The fourth-order valence-electron chi connectivity index (χ4n) is 1.59. The Labute approximate surface area is 92.6 Å². The van der Waals surface area contributed by atoms with Gasteiger partial charge in [-0.3, -0.25) is 0 Å². The molecule has 1 aliphatic heterocycles. The van der Waals surface area contributed by atoms with Crippen LogP contribution in [0, 0.1) is 0 Å². The Balaban J connectivity index is 1.83. The zero-order valence-corrected chi connectivity index (χ0v) is 8.78. The Hall–Kier alpha value is -1.72. The minimum atomic E-state index is -0.285. The van der Waals surface area contributed by atoms with E-state index in [0.717, 1.165) is 11.4 Å². The lowest BCUT2D eigenvalue weighted by molar-refractivity contribution is -0.382. The molecule has 3 rings (SSSR count). The van der Waals surface area contributed by atoms with Crippen LogP contribution in [0.3, 0.4) is 0 Å². The minimum Gasteiger partial charge on any atom is -0.319 e. The molecule has 0 atom stereocenters. The van der Waals surface area contributed by atoms with E-state index in [2.05, 4.69) is 10.1 Å². The molecule has 0 bridgehead atoms. The van der Waals surface area contributed by atoms with Gasteiger partial charge in [-0.1, -0.05) is 6.07 Å². The molecular weight excluding hydrogens is 206 g/mol. The van der Waals surface area contributed by atoms with Crippen molar-refractivity contribution in [2.75, 3.05) is 0 Å². The molecule has 1 aliphatic rings. The molecule has 2 aromatic heterocycles. The van der Waals surface area contributed by atoms with Crippen LogP contribution in [0.1, 0.15) is 18.8 Å². The molecule has 0 amide bonds. The van der Waals surface area contributed by atoms with Crippen LogP contribution in [-0.2, 0) is 9.47 Å². The zero-order valence-electron chi connectivity index (χ0n) is 8.78. The summed E-state index contributed by atoms with van der Waals surface area (Å²) in [6.07, 6.45) is 4.91. The molecule has 3 heterocycles. The topological polar surface area (TPSA) is 49.2 Å². The lowest BCUT2D eigenvalue weighted by Gasteiger charge is -2.32. The normalized spacial score (nSPS) is 24.1. The summed E-state index contributed by atoms with van der Waals surface area (Å²) in [5.74, 6) is 0.779. The Kier molecular flexibility index (Phi) is 2.19. The van der Waals surface area contributed by atoms with Crippen molar-refractivity contribution in [3.8, 4) is 5.82 Å². The van der Waals surface area contributed by atoms with E-state index in [4.69, 9.17) is 9.47 Å². The first kappa shape index (κ1) is 9.50. The standard InChI is InChI=1S/C11H11N3O2/c1-8-15-11(16-8)9-6-13-14(7-9)10-4-2-3-5-12-10/h2-8,11H,1H3. The maximum absolute atomic E-state index is 5.38. The van der Waals surface area contributed by atoms with Gasteiger partial charge in [0.15, 0.2) is 18.4 Å². The number of aromatic nitrogens is 3. The van der Waals surface area contributed by atoms with E-state index in [1.165, 1.54) is 0 Å². The molecule has 1 fully saturated rings. The molecule has 2 aromatic rings. The van der Waals surface area contributed by atoms with Crippen LogP contribution >= 0.6 is 0 Å². The number of nitrogens with zero attached hydrogens (tertiary/aromatic N) is 3. The Morgan fingerprint density at radius 2 is 2.19 bits per heavy atom. The van der Waals surface area contributed by atoms with Gasteiger partial charge in [0, 0.05) is 18.0 Å². The van der Waals surface area contributed by atoms with Crippen LogP contribution in [0.25, 0.3) is 5.82 Å². The van der Waals surface area contributed by atoms with E-state index in [1.54, 1.807) is 17.1 Å². The van der Waals surface area contributed by atoms with Crippen LogP contribution in [0.2, 0.25) is 0 Å². The van der Waals surface area contributed by atoms with Crippen molar-refractivity contribution in [3.63, 3.8) is 0 Å². The van der Waals surface area contributed by atoms with Gasteiger partial charge >= 0.3 is 0 Å². The first-order valence-electron chi connectivity index (χ1n) is 5.10. The third kappa shape index (κ3) is 1.60. The maximum atomic E-state index is 5.38. The largest absolute Gasteiger partial charge is 0.319 e. The molecule has 82 valence electrons. The second-order valence-electron chi connectivity index (χ2n) is 3.58. The fourth-order valence-corrected chi connectivity index (χ4v) is 1.59. The predicted octanol–water partition coefficient (Wildman–Crippen LogP) is 1.66. The Morgan fingerprint density at radius 3 is 2.88 bits per heavy atom. The second-order valence-corrected chi connectivity index (χ2v) is 3.58. The highest BCUT2D eigenvalue weighted by molar-refractivity contribution is 5.22. The molecule has 16 heavy (non-hydrogen) atoms. The van der Waals surface area contributed by atoms with Gasteiger partial charge in [-0.15, -0.1) is 0 Å². The lowest BCUT2D eigenvalue weighted by Crippen LogP contribution is -2.31. The highest BCUT2D eigenvalue weighted by Crippen LogP contribution is 2.30. The first-order chi connectivity index (χ1) is 7.83. The van der Waals surface area contributed by atoms with Gasteiger partial charge in [0.1, 0.15) is 0 Å². The van der Waals surface area contributed by atoms with Crippen LogP contribution in [0.4, 0.5) is 0 Å². The third-order valence-corrected chi connectivity index (χ3v) is 2.39. The van der Waals surface area contributed by atoms with E-state index in [9.17, 15) is 0 Å². The number of ether oxygens (including phenoxy) is 2. The van der Waals surface area contributed by atoms with Gasteiger partial charge in [-0.2, -0.15) is 5.10 Å². The molecule has 0 spiro atoms. The SMILES string of the molecule is CC1OC(c2cnn(-c3ccccn3)c2)O1. The number of hydrogen-bond donors (Lipinski definition) is 0. The summed E-state index contributed by atoms with van der Waals surface area (Å²) in [5.41, 5.74) is 0.906. The summed E-state index contributed by atoms with van der Waals surface area (Å²) in [5, 5.41) is 4.21. The minimum absolute atomic E-state index is 0.122. The van der Waals surface area contributed by atoms with E-state index >= 15 is 0 Å². The molecule has 5 heteroatoms. The van der Waals surface area contributed by atoms with Crippen LogP contribution in [0.15, 0.2) is 36.8 Å². The highest BCUT2D eigenvalue weighted by Gasteiger charge is 2.29. The van der Waals surface area contributed by atoms with Crippen molar-refractivity contribution >= 4 is 0 Å². The molecule has 5 nitrogen and oxygen atoms in total. The summed E-state index contributed by atoms with van der Waals surface area (Å²) >= 11 is 0. The van der Waals surface area contributed by atoms with Crippen LogP contribution < -0.4 is 0 Å².